The molecule has 0 saturated heterocycles. The van der Waals surface area contributed by atoms with Crippen molar-refractivity contribution >= 4 is 5.78 Å². The van der Waals surface area contributed by atoms with E-state index in [0.717, 1.165) is 18.4 Å². The average Bonchev–Trinajstić information content (AvgIpc) is 2.87. The van der Waals surface area contributed by atoms with E-state index in [0.29, 0.717) is 18.4 Å². The van der Waals surface area contributed by atoms with Gasteiger partial charge in [-0.3, -0.25) is 4.79 Å². The Kier molecular flexibility index (Phi) is 4.16. The monoisotopic (exact) mass is 372 g/mol. The van der Waals surface area contributed by atoms with Crippen LogP contribution in [0.1, 0.15) is 46.5 Å². The molecule has 0 aliphatic heterocycles. The molecule has 8 atom stereocenters. The smallest absolute Gasteiger partial charge is 0.178 e. The molecule has 0 amide bonds. The van der Waals surface area contributed by atoms with Crippen molar-refractivity contribution in [3.05, 3.63) is 36.0 Å². The molecule has 8 unspecified atom stereocenters. The first-order chi connectivity index (χ1) is 12.6. The summed E-state index contributed by atoms with van der Waals surface area (Å²) in [6.45, 7) is 10.1. The van der Waals surface area contributed by atoms with Gasteiger partial charge in [0.2, 0.25) is 0 Å². The highest BCUT2D eigenvalue weighted by Crippen LogP contribution is 2.68. The van der Waals surface area contributed by atoms with Crippen LogP contribution in [0.4, 0.5) is 0 Å². The molecule has 0 aromatic rings. The molecule has 0 aromatic carbocycles. The number of fused-ring (bicyclic) bond motifs is 5. The third kappa shape index (κ3) is 2.30. The van der Waals surface area contributed by atoms with Crippen LogP contribution in [0.25, 0.3) is 0 Å². The maximum Gasteiger partial charge on any atom is 0.178 e. The number of hydrogen-bond acceptors (Lipinski definition) is 4. The van der Waals surface area contributed by atoms with E-state index >= 15 is 0 Å². The molecule has 3 fully saturated rings. The lowest BCUT2D eigenvalue weighted by molar-refractivity contribution is -0.157. The van der Waals surface area contributed by atoms with E-state index in [2.05, 4.69) is 27.4 Å². The molecule has 4 aliphatic carbocycles. The van der Waals surface area contributed by atoms with Gasteiger partial charge in [-0.2, -0.15) is 0 Å². The predicted octanol–water partition coefficient (Wildman–Crippen LogP) is 2.79. The molecular weight excluding hydrogens is 340 g/mol. The molecule has 4 aliphatic rings. The van der Waals surface area contributed by atoms with Crippen LogP contribution in [-0.4, -0.2) is 39.4 Å². The molecule has 3 N–H and O–H groups in total. The van der Waals surface area contributed by atoms with Crippen molar-refractivity contribution in [3.63, 3.8) is 0 Å². The van der Waals surface area contributed by atoms with Gasteiger partial charge >= 0.3 is 0 Å². The summed E-state index contributed by atoms with van der Waals surface area (Å²) >= 11 is 0. The van der Waals surface area contributed by atoms with Crippen molar-refractivity contribution in [1.82, 2.24) is 0 Å². The van der Waals surface area contributed by atoms with Crippen LogP contribution >= 0.6 is 0 Å². The Morgan fingerprint density at radius 3 is 2.74 bits per heavy atom. The molecule has 0 heterocycles. The van der Waals surface area contributed by atoms with Gasteiger partial charge in [-0.1, -0.05) is 39.0 Å². The topological polar surface area (TPSA) is 77.8 Å². The minimum Gasteiger partial charge on any atom is -0.393 e. The van der Waals surface area contributed by atoms with Gasteiger partial charge in [0.25, 0.3) is 0 Å². The molecule has 0 bridgehead atoms. The zero-order valence-electron chi connectivity index (χ0n) is 16.6. The normalized spacial score (nSPS) is 51.3. The highest BCUT2D eigenvalue weighted by Gasteiger charge is 2.67. The second-order valence-corrected chi connectivity index (χ2v) is 9.90. The molecule has 0 radical (unpaired) electrons. The number of aliphatic hydroxyl groups is 3. The maximum atomic E-state index is 12.0. The average molecular weight is 373 g/mol. The summed E-state index contributed by atoms with van der Waals surface area (Å²) in [6.07, 6.45) is 7.76. The Morgan fingerprint density at radius 2 is 2.07 bits per heavy atom. The number of carbonyl (C=O) groups excluding carboxylic acids is 1. The molecule has 4 heteroatoms. The van der Waals surface area contributed by atoms with Gasteiger partial charge in [0.05, 0.1) is 18.3 Å². The van der Waals surface area contributed by atoms with Gasteiger partial charge in [0.15, 0.2) is 5.78 Å². The zero-order chi connectivity index (χ0) is 19.8. The Morgan fingerprint density at radius 1 is 1.37 bits per heavy atom. The van der Waals surface area contributed by atoms with Crippen LogP contribution in [0.5, 0.6) is 0 Å². The summed E-state index contributed by atoms with van der Waals surface area (Å²) in [5.41, 5.74) is -0.314. The lowest BCUT2D eigenvalue weighted by Crippen LogP contribution is -2.60. The summed E-state index contributed by atoms with van der Waals surface area (Å²) in [5, 5.41) is 32.4. The number of rotatable bonds is 2. The molecule has 0 aromatic heterocycles. The minimum atomic E-state index is -1.13. The SMILES string of the molecule is C=C(CO)C1(O)CCC2C3CC(C)C4=CC(=O)C=CC4(C)C3C(O)CC21C. The van der Waals surface area contributed by atoms with E-state index in [1.807, 2.05) is 6.08 Å². The molecule has 27 heavy (non-hydrogen) atoms. The largest absolute Gasteiger partial charge is 0.393 e. The summed E-state index contributed by atoms with van der Waals surface area (Å²) in [5.74, 6) is 0.902. The Labute approximate surface area is 161 Å². The highest BCUT2D eigenvalue weighted by atomic mass is 16.3. The van der Waals surface area contributed by atoms with E-state index in [1.54, 1.807) is 12.2 Å². The molecule has 148 valence electrons. The van der Waals surface area contributed by atoms with E-state index in [1.165, 1.54) is 0 Å². The Bertz CT molecular complexity index is 751. The number of allylic oxidation sites excluding steroid dienone is 4. The Hall–Kier alpha value is -1.23. The number of aliphatic hydroxyl groups excluding tert-OH is 2. The summed E-state index contributed by atoms with van der Waals surface area (Å²) in [7, 11) is 0. The minimum absolute atomic E-state index is 0.0393. The van der Waals surface area contributed by atoms with Crippen LogP contribution in [0, 0.1) is 34.5 Å². The van der Waals surface area contributed by atoms with Crippen LogP contribution in [0.15, 0.2) is 36.0 Å². The maximum absolute atomic E-state index is 12.0. The van der Waals surface area contributed by atoms with Crippen molar-refractivity contribution in [2.24, 2.45) is 34.5 Å². The lowest BCUT2D eigenvalue weighted by Gasteiger charge is -2.61. The number of ketones is 1. The van der Waals surface area contributed by atoms with E-state index < -0.39 is 17.1 Å². The fraction of sp³-hybridized carbons (Fsp3) is 0.696. The molecule has 4 nitrogen and oxygen atoms in total. The van der Waals surface area contributed by atoms with Crippen molar-refractivity contribution in [1.29, 1.82) is 0 Å². The van der Waals surface area contributed by atoms with Crippen LogP contribution in [0.3, 0.4) is 0 Å². The molecule has 0 spiro atoms. The second kappa shape index (κ2) is 5.88. The number of carbonyl (C=O) groups is 1. The zero-order valence-corrected chi connectivity index (χ0v) is 16.6. The Balaban J connectivity index is 1.78. The number of hydrogen-bond donors (Lipinski definition) is 3. The van der Waals surface area contributed by atoms with Gasteiger partial charge in [-0.25, -0.2) is 0 Å². The summed E-state index contributed by atoms with van der Waals surface area (Å²) < 4.78 is 0. The predicted molar refractivity (Wildman–Crippen MR) is 104 cm³/mol. The molecular formula is C23H32O4. The fourth-order valence-corrected chi connectivity index (χ4v) is 7.47. The van der Waals surface area contributed by atoms with Crippen molar-refractivity contribution in [2.45, 2.75) is 58.2 Å². The third-order valence-corrected chi connectivity index (χ3v) is 8.74. The molecule has 4 rings (SSSR count). The standard InChI is InChI=1S/C23H32O4/c1-13-9-16-17-6-8-23(27,14(2)12-24)22(17,4)11-19(26)20(16)21(3)7-5-15(25)10-18(13)21/h5,7,10,13,16-17,19-20,24,26-27H,2,6,8-9,11-12H2,1,3-4H3. The first-order valence-electron chi connectivity index (χ1n) is 10.2. The van der Waals surface area contributed by atoms with Gasteiger partial charge in [-0.05, 0) is 61.2 Å². The van der Waals surface area contributed by atoms with E-state index in [-0.39, 0.29) is 41.5 Å². The summed E-state index contributed by atoms with van der Waals surface area (Å²) in [4.78, 5) is 12.0. The molecule has 3 saturated carbocycles. The van der Waals surface area contributed by atoms with Crippen molar-refractivity contribution in [2.75, 3.05) is 6.61 Å². The van der Waals surface area contributed by atoms with E-state index in [4.69, 9.17) is 0 Å². The van der Waals surface area contributed by atoms with Gasteiger partial charge in [0, 0.05) is 16.7 Å². The van der Waals surface area contributed by atoms with Gasteiger partial charge < -0.3 is 15.3 Å². The van der Waals surface area contributed by atoms with Gasteiger partial charge in [-0.15, -0.1) is 0 Å². The first-order valence-corrected chi connectivity index (χ1v) is 10.2. The lowest BCUT2D eigenvalue weighted by atomic mass is 9.44. The van der Waals surface area contributed by atoms with Crippen molar-refractivity contribution in [3.8, 4) is 0 Å². The fourth-order valence-electron chi connectivity index (χ4n) is 7.47. The highest BCUT2D eigenvalue weighted by molar-refractivity contribution is 6.01. The quantitative estimate of drug-likeness (QED) is 0.652. The first kappa shape index (κ1) is 19.1. The van der Waals surface area contributed by atoms with Gasteiger partial charge in [0.1, 0.15) is 0 Å². The van der Waals surface area contributed by atoms with Crippen LogP contribution in [0.2, 0.25) is 0 Å². The van der Waals surface area contributed by atoms with E-state index in [9.17, 15) is 20.1 Å². The second-order valence-electron chi connectivity index (χ2n) is 9.90. The van der Waals surface area contributed by atoms with Crippen LogP contribution < -0.4 is 0 Å². The summed E-state index contributed by atoms with van der Waals surface area (Å²) in [6, 6.07) is 0. The van der Waals surface area contributed by atoms with Crippen molar-refractivity contribution < 1.29 is 20.1 Å². The third-order valence-electron chi connectivity index (χ3n) is 8.74. The van der Waals surface area contributed by atoms with Crippen LogP contribution in [-0.2, 0) is 4.79 Å².